The van der Waals surface area contributed by atoms with E-state index in [0.717, 1.165) is 14.2 Å². The highest BCUT2D eigenvalue weighted by Gasteiger charge is 2.31. The van der Waals surface area contributed by atoms with Crippen LogP contribution in [0.4, 0.5) is 13.2 Å². The van der Waals surface area contributed by atoms with Crippen molar-refractivity contribution >= 4 is 27.3 Å². The van der Waals surface area contributed by atoms with Crippen LogP contribution in [0.25, 0.3) is 0 Å². The fourth-order valence-corrected chi connectivity index (χ4v) is 3.25. The van der Waals surface area contributed by atoms with Crippen molar-refractivity contribution in [1.29, 1.82) is 0 Å². The first-order chi connectivity index (χ1) is 9.33. The number of rotatable bonds is 4. The van der Waals surface area contributed by atoms with Crippen LogP contribution >= 0.6 is 27.3 Å². The molecule has 2 N–H and O–H groups in total. The van der Waals surface area contributed by atoms with E-state index in [1.54, 1.807) is 23.5 Å². The molecule has 1 aromatic carbocycles. The molecule has 0 amide bonds. The molecule has 0 spiro atoms. The maximum Gasteiger partial charge on any atom is 0.573 e. The van der Waals surface area contributed by atoms with Gasteiger partial charge in [-0.15, -0.1) is 24.5 Å². The Morgan fingerprint density at radius 3 is 2.30 bits per heavy atom. The van der Waals surface area contributed by atoms with Crippen molar-refractivity contribution in [2.75, 3.05) is 0 Å². The summed E-state index contributed by atoms with van der Waals surface area (Å²) in [7, 11) is 0. The molecular formula is C13H11BrF3NOS. The van der Waals surface area contributed by atoms with Crippen molar-refractivity contribution in [3.63, 3.8) is 0 Å². The lowest BCUT2D eigenvalue weighted by atomic mass is 10.0. The van der Waals surface area contributed by atoms with Crippen molar-refractivity contribution in [3.8, 4) is 5.75 Å². The molecule has 2 rings (SSSR count). The maximum atomic E-state index is 12.0. The molecule has 0 saturated heterocycles. The molecule has 1 heterocycles. The standard InChI is InChI=1S/C13H11BrF3NOS/c14-12-6-5-10(20-12)7-11(18)8-1-3-9(4-2-8)19-13(15,16)17/h1-6,11H,7,18H2. The largest absolute Gasteiger partial charge is 0.573 e. The summed E-state index contributed by atoms with van der Waals surface area (Å²) >= 11 is 4.96. The number of ether oxygens (including phenoxy) is 1. The number of hydrogen-bond donors (Lipinski definition) is 1. The van der Waals surface area contributed by atoms with Crippen molar-refractivity contribution in [1.82, 2.24) is 0 Å². The summed E-state index contributed by atoms with van der Waals surface area (Å²) in [5, 5.41) is 0. The molecule has 2 aromatic rings. The highest BCUT2D eigenvalue weighted by molar-refractivity contribution is 9.11. The minimum atomic E-state index is -4.67. The summed E-state index contributed by atoms with van der Waals surface area (Å²) in [5.74, 6) is -0.243. The van der Waals surface area contributed by atoms with Gasteiger partial charge in [0, 0.05) is 17.3 Å². The molecule has 1 atom stereocenters. The smallest absolute Gasteiger partial charge is 0.406 e. The molecule has 20 heavy (non-hydrogen) atoms. The SMILES string of the molecule is NC(Cc1ccc(Br)s1)c1ccc(OC(F)(F)F)cc1. The molecule has 0 aliphatic carbocycles. The van der Waals surface area contributed by atoms with Gasteiger partial charge in [0.25, 0.3) is 0 Å². The Kier molecular flexibility index (Phi) is 4.72. The molecule has 2 nitrogen and oxygen atoms in total. The Morgan fingerprint density at radius 1 is 1.15 bits per heavy atom. The van der Waals surface area contributed by atoms with Gasteiger partial charge in [-0.05, 0) is 45.8 Å². The summed E-state index contributed by atoms with van der Waals surface area (Å²) in [6.07, 6.45) is -4.04. The monoisotopic (exact) mass is 365 g/mol. The second kappa shape index (κ2) is 6.15. The average Bonchev–Trinajstić information content (AvgIpc) is 2.73. The number of halogens is 4. The van der Waals surface area contributed by atoms with Gasteiger partial charge in [0.15, 0.2) is 0 Å². The van der Waals surface area contributed by atoms with Crippen LogP contribution in [0.15, 0.2) is 40.2 Å². The van der Waals surface area contributed by atoms with Gasteiger partial charge in [0.2, 0.25) is 0 Å². The molecule has 108 valence electrons. The molecule has 0 saturated carbocycles. The zero-order chi connectivity index (χ0) is 14.8. The predicted molar refractivity (Wildman–Crippen MR) is 75.8 cm³/mol. The van der Waals surface area contributed by atoms with Crippen molar-refractivity contribution in [2.45, 2.75) is 18.8 Å². The zero-order valence-electron chi connectivity index (χ0n) is 10.2. The summed E-state index contributed by atoms with van der Waals surface area (Å²) in [5.41, 5.74) is 6.81. The van der Waals surface area contributed by atoms with Crippen molar-refractivity contribution in [2.24, 2.45) is 5.73 Å². The van der Waals surface area contributed by atoms with Crippen LogP contribution in [0.5, 0.6) is 5.75 Å². The van der Waals surface area contributed by atoms with Crippen LogP contribution in [0.3, 0.4) is 0 Å². The number of alkyl halides is 3. The zero-order valence-corrected chi connectivity index (χ0v) is 12.6. The lowest BCUT2D eigenvalue weighted by Crippen LogP contribution is -2.17. The van der Waals surface area contributed by atoms with Crippen molar-refractivity contribution < 1.29 is 17.9 Å². The van der Waals surface area contributed by atoms with Crippen LogP contribution in [-0.2, 0) is 6.42 Å². The third-order valence-electron chi connectivity index (χ3n) is 2.59. The minimum Gasteiger partial charge on any atom is -0.406 e. The van der Waals surface area contributed by atoms with Gasteiger partial charge in [-0.2, -0.15) is 0 Å². The highest BCUT2D eigenvalue weighted by atomic mass is 79.9. The van der Waals surface area contributed by atoms with Gasteiger partial charge in [0.1, 0.15) is 5.75 Å². The van der Waals surface area contributed by atoms with Crippen LogP contribution in [0, 0.1) is 0 Å². The fraction of sp³-hybridized carbons (Fsp3) is 0.231. The minimum absolute atomic E-state index is 0.243. The van der Waals surface area contributed by atoms with Gasteiger partial charge in [-0.3, -0.25) is 0 Å². The van der Waals surface area contributed by atoms with Gasteiger partial charge >= 0.3 is 6.36 Å². The van der Waals surface area contributed by atoms with E-state index < -0.39 is 6.36 Å². The van der Waals surface area contributed by atoms with E-state index in [0.29, 0.717) is 6.42 Å². The van der Waals surface area contributed by atoms with Crippen LogP contribution in [-0.4, -0.2) is 6.36 Å². The molecular weight excluding hydrogens is 355 g/mol. The number of hydrogen-bond acceptors (Lipinski definition) is 3. The molecule has 0 fully saturated rings. The number of benzene rings is 1. The quantitative estimate of drug-likeness (QED) is 0.855. The van der Waals surface area contributed by atoms with Gasteiger partial charge in [-0.1, -0.05) is 12.1 Å². The van der Waals surface area contributed by atoms with E-state index in [4.69, 9.17) is 5.73 Å². The molecule has 0 aliphatic rings. The third-order valence-corrected chi connectivity index (χ3v) is 4.24. The molecule has 0 aliphatic heterocycles. The summed E-state index contributed by atoms with van der Waals surface area (Å²) in [6.45, 7) is 0. The third kappa shape index (κ3) is 4.50. The second-order valence-corrected chi connectivity index (χ2v) is 6.68. The summed E-state index contributed by atoms with van der Waals surface area (Å²) < 4.78 is 41.0. The first kappa shape index (κ1) is 15.3. The molecule has 1 aromatic heterocycles. The average molecular weight is 366 g/mol. The van der Waals surface area contributed by atoms with Gasteiger partial charge in [0.05, 0.1) is 3.79 Å². The first-order valence-corrected chi connectivity index (χ1v) is 7.30. The topological polar surface area (TPSA) is 35.2 Å². The summed E-state index contributed by atoms with van der Waals surface area (Å²) in [6, 6.07) is 9.28. The Labute approximate surface area is 126 Å². The molecule has 7 heteroatoms. The lowest BCUT2D eigenvalue weighted by molar-refractivity contribution is -0.274. The van der Waals surface area contributed by atoms with Crippen LogP contribution in [0.1, 0.15) is 16.5 Å². The molecule has 0 radical (unpaired) electrons. The van der Waals surface area contributed by atoms with E-state index in [-0.39, 0.29) is 11.8 Å². The van der Waals surface area contributed by atoms with E-state index in [1.807, 2.05) is 12.1 Å². The summed E-state index contributed by atoms with van der Waals surface area (Å²) in [4.78, 5) is 1.11. The normalized spacial score (nSPS) is 13.2. The number of nitrogens with two attached hydrogens (primary N) is 1. The predicted octanol–water partition coefficient (Wildman–Crippen LogP) is 4.65. The molecule has 0 bridgehead atoms. The van der Waals surface area contributed by atoms with Gasteiger partial charge < -0.3 is 10.5 Å². The highest BCUT2D eigenvalue weighted by Crippen LogP contribution is 2.28. The Hall–Kier alpha value is -1.05. The van der Waals surface area contributed by atoms with E-state index in [2.05, 4.69) is 20.7 Å². The Balaban J connectivity index is 2.02. The second-order valence-electron chi connectivity index (χ2n) is 4.13. The fourth-order valence-electron chi connectivity index (χ4n) is 1.71. The van der Waals surface area contributed by atoms with Crippen LogP contribution < -0.4 is 10.5 Å². The van der Waals surface area contributed by atoms with Crippen molar-refractivity contribution in [3.05, 3.63) is 50.6 Å². The first-order valence-electron chi connectivity index (χ1n) is 5.69. The lowest BCUT2D eigenvalue weighted by Gasteiger charge is -2.13. The number of thiophene rings is 1. The molecule has 1 unspecified atom stereocenters. The van der Waals surface area contributed by atoms with Crippen LogP contribution in [0.2, 0.25) is 0 Å². The Morgan fingerprint density at radius 2 is 1.80 bits per heavy atom. The van der Waals surface area contributed by atoms with E-state index in [9.17, 15) is 13.2 Å². The maximum absolute atomic E-state index is 12.0. The Bertz CT molecular complexity index is 568. The van der Waals surface area contributed by atoms with E-state index in [1.165, 1.54) is 12.1 Å². The van der Waals surface area contributed by atoms with Gasteiger partial charge in [-0.25, -0.2) is 0 Å². The van der Waals surface area contributed by atoms with E-state index >= 15 is 0 Å².